The molecule has 0 aromatic rings. The highest BCUT2D eigenvalue weighted by molar-refractivity contribution is 6.75. The van der Waals surface area contributed by atoms with Crippen LogP contribution in [0.4, 0.5) is 0 Å². The minimum atomic E-state index is -2.25. The molecule has 392 valence electrons. The highest BCUT2D eigenvalue weighted by atomic mass is 28.4. The molecule has 1 rings (SSSR count). The Morgan fingerprint density at radius 3 is 1.57 bits per heavy atom. The Morgan fingerprint density at radius 1 is 0.672 bits per heavy atom. The summed E-state index contributed by atoms with van der Waals surface area (Å²) >= 11 is 0. The summed E-state index contributed by atoms with van der Waals surface area (Å²) in [6.45, 7) is 67.4. The number of carbonyl (C=O) groups excluding carboxylic acids is 1. The third-order valence-electron chi connectivity index (χ3n) is 17.2. The summed E-state index contributed by atoms with van der Waals surface area (Å²) in [6, 6.07) is 0. The SMILES string of the molecule is C=C/C=C\[C@@H](C)[C@@H](O)[C@@H](C)[C@H](O[Si](C)(C)C(C)(C)C)[C@@H](C)C/C(C)=C\[C@H](C)[C@@H](O[Si](C)(C)C(C)(C)C)[C@@H](C)/C=C\[C@H](C[C@@H]1OC(=O)[C@H](C)[C@@H](O[Si](C)(C)C(C)(C)C)[C@H]1C)O[Si](C)(C)C(C)(C)C. The van der Waals surface area contributed by atoms with Gasteiger partial charge in [-0.1, -0.05) is 173 Å². The number of aliphatic hydroxyl groups excluding tert-OH is 1. The number of ether oxygens (including phenoxy) is 1. The fourth-order valence-electron chi connectivity index (χ4n) is 8.26. The summed E-state index contributed by atoms with van der Waals surface area (Å²) in [5.74, 6) is -0.243. The van der Waals surface area contributed by atoms with Crippen molar-refractivity contribution in [2.75, 3.05) is 0 Å². The van der Waals surface area contributed by atoms with Crippen molar-refractivity contribution in [2.45, 2.75) is 260 Å². The summed E-state index contributed by atoms with van der Waals surface area (Å²) in [4.78, 5) is 13.6. The number of carbonyl (C=O) groups is 1. The number of aliphatic hydroxyl groups is 1. The molecule has 0 radical (unpaired) electrons. The van der Waals surface area contributed by atoms with E-state index in [1.165, 1.54) is 5.57 Å². The molecule has 0 saturated carbocycles. The van der Waals surface area contributed by atoms with E-state index in [-0.39, 0.29) is 98.1 Å². The largest absolute Gasteiger partial charge is 0.462 e. The summed E-state index contributed by atoms with van der Waals surface area (Å²) in [5, 5.41) is 11.8. The fourth-order valence-corrected chi connectivity index (χ4v) is 13.9. The lowest BCUT2D eigenvalue weighted by Gasteiger charge is -2.47. The normalized spacial score (nSPS) is 24.5. The molecule has 0 aromatic heterocycles. The maximum absolute atomic E-state index is 13.6. The number of cyclic esters (lactones) is 1. The minimum Gasteiger partial charge on any atom is -0.462 e. The molecule has 0 spiro atoms. The van der Waals surface area contributed by atoms with Gasteiger partial charge in [0, 0.05) is 24.2 Å². The van der Waals surface area contributed by atoms with Gasteiger partial charge in [-0.15, -0.1) is 0 Å². The van der Waals surface area contributed by atoms with Crippen molar-refractivity contribution in [1.82, 2.24) is 0 Å². The van der Waals surface area contributed by atoms with Crippen molar-refractivity contribution in [3.05, 3.63) is 48.6 Å². The van der Waals surface area contributed by atoms with Gasteiger partial charge in [0.05, 0.1) is 36.4 Å². The molecule has 0 amide bonds. The Labute approximate surface area is 420 Å². The zero-order valence-corrected chi connectivity index (χ0v) is 53.0. The quantitative estimate of drug-likeness (QED) is 0.0472. The molecule has 0 unspecified atom stereocenters. The molecule has 13 atom stereocenters. The lowest BCUT2D eigenvalue weighted by Crippen LogP contribution is -2.55. The van der Waals surface area contributed by atoms with Gasteiger partial charge in [0.2, 0.25) is 0 Å². The Morgan fingerprint density at radius 2 is 1.12 bits per heavy atom. The van der Waals surface area contributed by atoms with Crippen LogP contribution in [0.25, 0.3) is 0 Å². The molecule has 1 saturated heterocycles. The molecule has 1 aliphatic rings. The van der Waals surface area contributed by atoms with Crippen LogP contribution in [0, 0.1) is 41.4 Å². The zero-order chi connectivity index (χ0) is 52.9. The maximum atomic E-state index is 13.6. The predicted molar refractivity (Wildman–Crippen MR) is 300 cm³/mol. The van der Waals surface area contributed by atoms with E-state index in [1.807, 2.05) is 19.1 Å². The van der Waals surface area contributed by atoms with Crippen molar-refractivity contribution >= 4 is 39.2 Å². The first-order valence-corrected chi connectivity index (χ1v) is 37.7. The van der Waals surface area contributed by atoms with Crippen LogP contribution in [0.3, 0.4) is 0 Å². The molecule has 67 heavy (non-hydrogen) atoms. The zero-order valence-electron chi connectivity index (χ0n) is 49.0. The maximum Gasteiger partial charge on any atom is 0.311 e. The van der Waals surface area contributed by atoms with E-state index in [2.05, 4.69) is 209 Å². The first kappa shape index (κ1) is 64.1. The average Bonchev–Trinajstić information content (AvgIpc) is 3.14. The van der Waals surface area contributed by atoms with Crippen LogP contribution in [0.15, 0.2) is 48.6 Å². The first-order chi connectivity index (χ1) is 29.9. The monoisotopic (exact) mass is 1010 g/mol. The molecule has 0 bridgehead atoms. The Kier molecular flexibility index (Phi) is 23.2. The molecule has 0 aliphatic carbocycles. The number of hydrogen-bond acceptors (Lipinski definition) is 7. The molecule has 7 nitrogen and oxygen atoms in total. The molecule has 1 fully saturated rings. The van der Waals surface area contributed by atoms with Gasteiger partial charge in [0.25, 0.3) is 0 Å². The molecular weight excluding hydrogens is 897 g/mol. The summed E-state index contributed by atoms with van der Waals surface area (Å²) in [7, 11) is -8.81. The van der Waals surface area contributed by atoms with Gasteiger partial charge >= 0.3 is 5.97 Å². The van der Waals surface area contributed by atoms with Crippen LogP contribution in [-0.4, -0.2) is 81.0 Å². The molecular formula is C56H110O7Si4. The lowest BCUT2D eigenvalue weighted by atomic mass is 9.81. The topological polar surface area (TPSA) is 83.5 Å². The first-order valence-electron chi connectivity index (χ1n) is 26.1. The molecule has 1 heterocycles. The van der Waals surface area contributed by atoms with Crippen LogP contribution in [-0.2, 0) is 27.2 Å². The predicted octanol–water partition coefficient (Wildman–Crippen LogP) is 16.3. The van der Waals surface area contributed by atoms with Crippen LogP contribution < -0.4 is 0 Å². The number of esters is 1. The van der Waals surface area contributed by atoms with Gasteiger partial charge in [-0.25, -0.2) is 0 Å². The van der Waals surface area contributed by atoms with Crippen molar-refractivity contribution in [3.63, 3.8) is 0 Å². The van der Waals surface area contributed by atoms with Gasteiger partial charge < -0.3 is 27.5 Å². The number of allylic oxidation sites excluding steroid dienone is 3. The molecule has 11 heteroatoms. The van der Waals surface area contributed by atoms with Crippen LogP contribution in [0.5, 0.6) is 0 Å². The van der Waals surface area contributed by atoms with Gasteiger partial charge in [-0.2, -0.15) is 0 Å². The summed E-state index contributed by atoms with van der Waals surface area (Å²) in [5.41, 5.74) is 1.31. The van der Waals surface area contributed by atoms with E-state index >= 15 is 0 Å². The van der Waals surface area contributed by atoms with Crippen LogP contribution in [0.1, 0.15) is 151 Å². The molecule has 1 aliphatic heterocycles. The standard InChI is InChI=1S/C56H110O7Si4/c1-30-31-32-39(3)48(57)44(8)50(62-66(26,27)55(16,17)18)42(6)36-38(2)35-41(5)49(61-65(24,25)54(13,14)15)40(4)33-34-46(60-64(22,23)53(10,11)12)37-47-43(7)51(45(9)52(58)59-47)63-67(28,29)56(19,20)21/h30-35,39-51,57H,1,36-37H2,2-29H3/b32-31-,34-33-,38-35-/t39-,40+,41+,42+,43+,44-,45-,46-,47+,48-,49+,50-,51+/m1/s1. The lowest BCUT2D eigenvalue weighted by molar-refractivity contribution is -0.177. The van der Waals surface area contributed by atoms with E-state index in [1.54, 1.807) is 6.08 Å². The van der Waals surface area contributed by atoms with Gasteiger partial charge in [-0.05, 0) is 111 Å². The third-order valence-corrected chi connectivity index (χ3v) is 35.2. The van der Waals surface area contributed by atoms with Crippen molar-refractivity contribution < 1.29 is 32.3 Å². The van der Waals surface area contributed by atoms with E-state index in [0.717, 1.165) is 6.42 Å². The Balaban J connectivity index is 3.79. The molecule has 1 N–H and O–H groups in total. The van der Waals surface area contributed by atoms with Crippen molar-refractivity contribution in [3.8, 4) is 0 Å². The van der Waals surface area contributed by atoms with Crippen molar-refractivity contribution in [2.24, 2.45) is 41.4 Å². The minimum absolute atomic E-state index is 0.00454. The highest BCUT2D eigenvalue weighted by Crippen LogP contribution is 2.45. The van der Waals surface area contributed by atoms with Gasteiger partial charge in [-0.3, -0.25) is 4.79 Å². The van der Waals surface area contributed by atoms with Gasteiger partial charge in [0.15, 0.2) is 33.3 Å². The second-order valence-corrected chi connectivity index (χ2v) is 46.5. The smallest absolute Gasteiger partial charge is 0.311 e. The summed E-state index contributed by atoms with van der Waals surface area (Å²) < 4.78 is 35.3. The molecule has 0 aromatic carbocycles. The van der Waals surface area contributed by atoms with Crippen LogP contribution in [0.2, 0.25) is 72.5 Å². The third kappa shape index (κ3) is 18.0. The van der Waals surface area contributed by atoms with E-state index in [4.69, 9.17) is 22.4 Å². The number of rotatable bonds is 23. The highest BCUT2D eigenvalue weighted by Gasteiger charge is 2.49. The Bertz CT molecular complexity index is 1650. The van der Waals surface area contributed by atoms with Gasteiger partial charge in [0.1, 0.15) is 6.10 Å². The summed E-state index contributed by atoms with van der Waals surface area (Å²) in [6.07, 6.45) is 12.7. The Hall–Kier alpha value is -0.902. The van der Waals surface area contributed by atoms with Crippen molar-refractivity contribution in [1.29, 1.82) is 0 Å². The average molecular weight is 1010 g/mol. The van der Waals surface area contributed by atoms with E-state index < -0.39 is 39.4 Å². The fraction of sp³-hybridized carbons (Fsp3) is 0.839. The van der Waals surface area contributed by atoms with Crippen LogP contribution >= 0.6 is 0 Å². The number of hydrogen-bond donors (Lipinski definition) is 1. The van der Waals surface area contributed by atoms with E-state index in [0.29, 0.717) is 6.42 Å². The second-order valence-electron chi connectivity index (χ2n) is 27.4. The second kappa shape index (κ2) is 24.2. The van der Waals surface area contributed by atoms with E-state index in [9.17, 15) is 9.90 Å².